The number of carbonyl (C=O) groups excluding carboxylic acids is 1. The van der Waals surface area contributed by atoms with E-state index in [1.807, 2.05) is 25.1 Å². The molecule has 2 atom stereocenters. The Balaban J connectivity index is 2.13. The quantitative estimate of drug-likeness (QED) is 0.764. The lowest BCUT2D eigenvalue weighted by Crippen LogP contribution is -2.11. The van der Waals surface area contributed by atoms with Crippen molar-refractivity contribution in [2.45, 2.75) is 32.1 Å². The molecular weight excluding hydrogens is 260 g/mol. The molecule has 21 heavy (non-hydrogen) atoms. The molecule has 0 saturated heterocycles. The summed E-state index contributed by atoms with van der Waals surface area (Å²) in [7, 11) is 1.43. The third-order valence-corrected chi connectivity index (χ3v) is 3.92. The first kappa shape index (κ1) is 15.3. The molecule has 0 heterocycles. The van der Waals surface area contributed by atoms with Crippen LogP contribution in [0, 0.1) is 0 Å². The fourth-order valence-corrected chi connectivity index (χ4v) is 2.56. The molecule has 2 aromatic rings. The molecule has 2 rings (SSSR count). The van der Waals surface area contributed by atoms with Crippen molar-refractivity contribution in [2.24, 2.45) is 0 Å². The minimum Gasteiger partial charge on any atom is -0.469 e. The lowest BCUT2D eigenvalue weighted by molar-refractivity contribution is -0.141. The van der Waals surface area contributed by atoms with Gasteiger partial charge in [0.2, 0.25) is 0 Å². The molecule has 0 spiro atoms. The zero-order valence-corrected chi connectivity index (χ0v) is 12.9. The molecule has 0 fully saturated rings. The molecule has 2 aromatic carbocycles. The SMILES string of the molecule is COC(=O)[C@H](C)c1cccc(C[C@@H](C)c2ccccc2)c1. The van der Waals surface area contributed by atoms with Gasteiger partial charge in [0.25, 0.3) is 0 Å². The number of hydrogen-bond acceptors (Lipinski definition) is 2. The van der Waals surface area contributed by atoms with E-state index >= 15 is 0 Å². The Kier molecular flexibility index (Phi) is 5.15. The van der Waals surface area contributed by atoms with Gasteiger partial charge in [0, 0.05) is 0 Å². The summed E-state index contributed by atoms with van der Waals surface area (Å²) in [6, 6.07) is 18.7. The second kappa shape index (κ2) is 7.07. The first-order valence-corrected chi connectivity index (χ1v) is 7.33. The van der Waals surface area contributed by atoms with E-state index in [0.29, 0.717) is 5.92 Å². The maximum Gasteiger partial charge on any atom is 0.312 e. The molecule has 0 aliphatic rings. The molecule has 0 bridgehead atoms. The molecule has 0 amide bonds. The second-order valence-electron chi connectivity index (χ2n) is 5.51. The lowest BCUT2D eigenvalue weighted by atomic mass is 9.91. The van der Waals surface area contributed by atoms with E-state index in [0.717, 1.165) is 12.0 Å². The first-order valence-electron chi connectivity index (χ1n) is 7.33. The molecule has 2 nitrogen and oxygen atoms in total. The number of hydrogen-bond donors (Lipinski definition) is 0. The third kappa shape index (κ3) is 3.94. The minimum atomic E-state index is -0.220. The van der Waals surface area contributed by atoms with Gasteiger partial charge in [-0.15, -0.1) is 0 Å². The Bertz CT molecular complexity index is 590. The standard InChI is InChI=1S/C19H22O2/c1-14(17-9-5-4-6-10-17)12-16-8-7-11-18(13-16)15(2)19(20)21-3/h4-11,13-15H,12H2,1-3H3/t14-,15-/m1/s1. The normalized spacial score (nSPS) is 13.5. The Morgan fingerprint density at radius 3 is 2.33 bits per heavy atom. The van der Waals surface area contributed by atoms with Crippen LogP contribution >= 0.6 is 0 Å². The van der Waals surface area contributed by atoms with Gasteiger partial charge in [0.1, 0.15) is 0 Å². The Morgan fingerprint density at radius 1 is 1.00 bits per heavy atom. The number of rotatable bonds is 5. The zero-order valence-electron chi connectivity index (χ0n) is 12.9. The van der Waals surface area contributed by atoms with Crippen LogP contribution in [-0.2, 0) is 16.0 Å². The largest absolute Gasteiger partial charge is 0.469 e. The van der Waals surface area contributed by atoms with Gasteiger partial charge in [-0.3, -0.25) is 4.79 Å². The number of methoxy groups -OCH3 is 1. The van der Waals surface area contributed by atoms with Crippen LogP contribution in [0.1, 0.15) is 42.4 Å². The predicted molar refractivity (Wildman–Crippen MR) is 85.4 cm³/mol. The van der Waals surface area contributed by atoms with Crippen LogP contribution in [-0.4, -0.2) is 13.1 Å². The van der Waals surface area contributed by atoms with Gasteiger partial charge in [-0.1, -0.05) is 61.5 Å². The second-order valence-corrected chi connectivity index (χ2v) is 5.51. The predicted octanol–water partition coefficient (Wildman–Crippen LogP) is 4.31. The van der Waals surface area contributed by atoms with Crippen LogP contribution in [0.15, 0.2) is 54.6 Å². The lowest BCUT2D eigenvalue weighted by Gasteiger charge is -2.14. The van der Waals surface area contributed by atoms with Gasteiger partial charge in [0.15, 0.2) is 0 Å². The van der Waals surface area contributed by atoms with E-state index in [-0.39, 0.29) is 11.9 Å². The molecule has 0 radical (unpaired) electrons. The molecule has 0 aliphatic carbocycles. The summed E-state index contributed by atoms with van der Waals surface area (Å²) >= 11 is 0. The molecule has 2 heteroatoms. The molecule has 0 saturated carbocycles. The molecule has 0 aromatic heterocycles. The fraction of sp³-hybridized carbons (Fsp3) is 0.316. The fourth-order valence-electron chi connectivity index (χ4n) is 2.56. The zero-order chi connectivity index (χ0) is 15.2. The van der Waals surface area contributed by atoms with E-state index in [4.69, 9.17) is 4.74 Å². The minimum absolute atomic E-state index is 0.191. The highest BCUT2D eigenvalue weighted by atomic mass is 16.5. The van der Waals surface area contributed by atoms with Crippen molar-refractivity contribution in [1.82, 2.24) is 0 Å². The Morgan fingerprint density at radius 2 is 1.67 bits per heavy atom. The molecule has 0 unspecified atom stereocenters. The smallest absolute Gasteiger partial charge is 0.312 e. The summed E-state index contributed by atoms with van der Waals surface area (Å²) < 4.78 is 4.82. The van der Waals surface area contributed by atoms with Crippen molar-refractivity contribution in [3.8, 4) is 0 Å². The van der Waals surface area contributed by atoms with Gasteiger partial charge in [-0.2, -0.15) is 0 Å². The van der Waals surface area contributed by atoms with E-state index in [9.17, 15) is 4.79 Å². The maximum absolute atomic E-state index is 11.6. The van der Waals surface area contributed by atoms with Crippen molar-refractivity contribution in [2.75, 3.05) is 7.11 Å². The van der Waals surface area contributed by atoms with E-state index in [1.54, 1.807) is 0 Å². The maximum atomic E-state index is 11.6. The van der Waals surface area contributed by atoms with E-state index in [2.05, 4.69) is 43.3 Å². The molecular formula is C19H22O2. The van der Waals surface area contributed by atoms with Gasteiger partial charge in [-0.25, -0.2) is 0 Å². The summed E-state index contributed by atoms with van der Waals surface area (Å²) in [5.41, 5.74) is 3.60. The summed E-state index contributed by atoms with van der Waals surface area (Å²) in [6.45, 7) is 4.11. The first-order chi connectivity index (χ1) is 10.1. The van der Waals surface area contributed by atoms with Crippen LogP contribution in [0.5, 0.6) is 0 Å². The highest BCUT2D eigenvalue weighted by Gasteiger charge is 2.16. The van der Waals surface area contributed by atoms with Gasteiger partial charge in [-0.05, 0) is 36.0 Å². The molecule has 0 N–H and O–H groups in total. The number of carbonyl (C=O) groups is 1. The van der Waals surface area contributed by atoms with Crippen molar-refractivity contribution < 1.29 is 9.53 Å². The Labute approximate surface area is 126 Å². The Hall–Kier alpha value is -2.09. The van der Waals surface area contributed by atoms with E-state index in [1.165, 1.54) is 18.2 Å². The monoisotopic (exact) mass is 282 g/mol. The third-order valence-electron chi connectivity index (χ3n) is 3.92. The molecule has 110 valence electrons. The summed E-state index contributed by atoms with van der Waals surface area (Å²) in [6.07, 6.45) is 0.964. The number of benzene rings is 2. The van der Waals surface area contributed by atoms with Crippen molar-refractivity contribution in [3.05, 3.63) is 71.3 Å². The summed E-state index contributed by atoms with van der Waals surface area (Å²) in [5, 5.41) is 0. The van der Waals surface area contributed by atoms with Crippen molar-refractivity contribution in [3.63, 3.8) is 0 Å². The van der Waals surface area contributed by atoms with Crippen LogP contribution < -0.4 is 0 Å². The summed E-state index contributed by atoms with van der Waals surface area (Å²) in [5.74, 6) is 0.0418. The average Bonchev–Trinajstić information content (AvgIpc) is 2.54. The highest BCUT2D eigenvalue weighted by Crippen LogP contribution is 2.23. The van der Waals surface area contributed by atoms with Crippen LogP contribution in [0.25, 0.3) is 0 Å². The van der Waals surface area contributed by atoms with Crippen LogP contribution in [0.4, 0.5) is 0 Å². The van der Waals surface area contributed by atoms with Crippen molar-refractivity contribution in [1.29, 1.82) is 0 Å². The number of ether oxygens (including phenoxy) is 1. The number of esters is 1. The topological polar surface area (TPSA) is 26.3 Å². The van der Waals surface area contributed by atoms with Gasteiger partial charge in [0.05, 0.1) is 13.0 Å². The molecule has 0 aliphatic heterocycles. The summed E-state index contributed by atoms with van der Waals surface area (Å²) in [4.78, 5) is 11.6. The van der Waals surface area contributed by atoms with E-state index < -0.39 is 0 Å². The van der Waals surface area contributed by atoms with Gasteiger partial charge < -0.3 is 4.74 Å². The van der Waals surface area contributed by atoms with Gasteiger partial charge >= 0.3 is 5.97 Å². The van der Waals surface area contributed by atoms with Crippen molar-refractivity contribution >= 4 is 5.97 Å². The van der Waals surface area contributed by atoms with Crippen LogP contribution in [0.2, 0.25) is 0 Å². The van der Waals surface area contributed by atoms with Crippen LogP contribution in [0.3, 0.4) is 0 Å². The average molecular weight is 282 g/mol. The highest BCUT2D eigenvalue weighted by molar-refractivity contribution is 5.77.